The van der Waals surface area contributed by atoms with E-state index in [1.165, 1.54) is 26.0 Å². The summed E-state index contributed by atoms with van der Waals surface area (Å²) >= 11 is -2.64. The van der Waals surface area contributed by atoms with Crippen molar-refractivity contribution < 1.29 is 30.1 Å². The maximum absolute atomic E-state index is 10.2. The molecule has 0 amide bonds. The minimum atomic E-state index is -4.51. The third kappa shape index (κ3) is 9.97. The van der Waals surface area contributed by atoms with E-state index < -0.39 is 34.0 Å². The van der Waals surface area contributed by atoms with Gasteiger partial charge in [0.1, 0.15) is 0 Å². The molecule has 0 saturated heterocycles. The zero-order valence-electron chi connectivity index (χ0n) is 8.02. The number of rotatable bonds is 6. The molecule has 0 bridgehead atoms. The first-order chi connectivity index (χ1) is 6.70. The molecular weight excluding hydrogens is 248 g/mol. The van der Waals surface area contributed by atoms with E-state index in [1.54, 1.807) is 0 Å². The Kier molecular flexibility index (Phi) is 6.17. The molecule has 0 spiro atoms. The molecule has 0 aliphatic carbocycles. The van der Waals surface area contributed by atoms with Crippen molar-refractivity contribution >= 4 is 21.8 Å². The van der Waals surface area contributed by atoms with Crippen molar-refractivity contribution in [3.8, 4) is 0 Å². The van der Waals surface area contributed by atoms with Gasteiger partial charge in [0.05, 0.1) is 23.6 Å². The monoisotopic (exact) mass is 259 g/mol. The van der Waals surface area contributed by atoms with Gasteiger partial charge >= 0.3 is 10.4 Å². The van der Waals surface area contributed by atoms with Crippen LogP contribution in [0.1, 0.15) is 13.8 Å². The van der Waals surface area contributed by atoms with Crippen molar-refractivity contribution in [1.82, 2.24) is 0 Å². The van der Waals surface area contributed by atoms with Gasteiger partial charge in [0.25, 0.3) is 0 Å². The smallest absolute Gasteiger partial charge is 0.397 e. The summed E-state index contributed by atoms with van der Waals surface area (Å²) in [6, 6.07) is 0. The van der Waals surface area contributed by atoms with Crippen molar-refractivity contribution in [3.63, 3.8) is 0 Å². The summed E-state index contributed by atoms with van der Waals surface area (Å²) in [6.45, 7) is 2.79. The fourth-order valence-corrected chi connectivity index (χ4v) is 1.45. The van der Waals surface area contributed by atoms with Crippen LogP contribution in [0.15, 0.2) is 12.2 Å². The molecule has 0 heterocycles. The minimum absolute atomic E-state index is 0.740. The first-order valence-electron chi connectivity index (χ1n) is 3.81. The molecule has 3 atom stereocenters. The van der Waals surface area contributed by atoms with Crippen molar-refractivity contribution in [2.45, 2.75) is 26.1 Å². The summed E-state index contributed by atoms with van der Waals surface area (Å²) in [5.74, 6) is 0. The first-order valence-corrected chi connectivity index (χ1v) is 6.17. The van der Waals surface area contributed by atoms with E-state index in [0.717, 1.165) is 0 Å². The standard InChI is InChI=1S/C6H12O7S2/c1-5(12-14(7)8)3-4-6(2)13-15(9,10)11/h3-6H,1-2H3,(H,7,8)(H,9,10,11)/p-1/b4-3+. The van der Waals surface area contributed by atoms with Crippen LogP contribution >= 0.6 is 0 Å². The SMILES string of the molecule is CC(/C=C/C(C)OS(=O)(=O)O)OS(=O)[O-]. The predicted octanol–water partition coefficient (Wildman–Crippen LogP) is -0.0503. The molecule has 1 N–H and O–H groups in total. The third-order valence-corrected chi connectivity index (χ3v) is 2.16. The molecule has 0 aliphatic rings. The van der Waals surface area contributed by atoms with Gasteiger partial charge in [-0.1, -0.05) is 12.2 Å². The fraction of sp³-hybridized carbons (Fsp3) is 0.667. The molecule has 0 rings (SSSR count). The lowest BCUT2D eigenvalue weighted by Crippen LogP contribution is -2.13. The zero-order valence-corrected chi connectivity index (χ0v) is 9.66. The third-order valence-electron chi connectivity index (χ3n) is 1.16. The second-order valence-electron chi connectivity index (χ2n) is 2.62. The molecule has 0 fully saturated rings. The van der Waals surface area contributed by atoms with Gasteiger partial charge < -0.3 is 4.55 Å². The average molecular weight is 259 g/mol. The van der Waals surface area contributed by atoms with Crippen molar-refractivity contribution in [2.75, 3.05) is 0 Å². The van der Waals surface area contributed by atoms with Crippen LogP contribution in [0.3, 0.4) is 0 Å². The molecule has 0 aromatic heterocycles. The van der Waals surface area contributed by atoms with Crippen LogP contribution in [-0.2, 0) is 30.1 Å². The average Bonchev–Trinajstić information content (AvgIpc) is 1.96. The fourth-order valence-electron chi connectivity index (χ4n) is 0.693. The largest absolute Gasteiger partial charge is 0.750 e. The molecule has 90 valence electrons. The minimum Gasteiger partial charge on any atom is -0.750 e. The van der Waals surface area contributed by atoms with E-state index in [9.17, 15) is 17.2 Å². The maximum Gasteiger partial charge on any atom is 0.397 e. The molecule has 0 aliphatic heterocycles. The highest BCUT2D eigenvalue weighted by molar-refractivity contribution is 7.80. The molecule has 0 saturated carbocycles. The highest BCUT2D eigenvalue weighted by atomic mass is 32.3. The summed E-state index contributed by atoms with van der Waals surface area (Å²) in [7, 11) is -4.51. The summed E-state index contributed by atoms with van der Waals surface area (Å²) in [5.41, 5.74) is 0. The summed E-state index contributed by atoms with van der Waals surface area (Å²) < 4.78 is 57.3. The lowest BCUT2D eigenvalue weighted by atomic mass is 10.3. The summed E-state index contributed by atoms with van der Waals surface area (Å²) in [5, 5.41) is 0. The Labute approximate surface area is 90.5 Å². The van der Waals surface area contributed by atoms with Gasteiger partial charge in [0.2, 0.25) is 0 Å². The molecule has 0 aromatic carbocycles. The van der Waals surface area contributed by atoms with Crippen LogP contribution in [0.5, 0.6) is 0 Å². The zero-order chi connectivity index (χ0) is 12.1. The lowest BCUT2D eigenvalue weighted by molar-refractivity contribution is 0.229. The number of hydrogen-bond donors (Lipinski definition) is 1. The Balaban J connectivity index is 4.11. The van der Waals surface area contributed by atoms with Crippen LogP contribution in [0, 0.1) is 0 Å². The first kappa shape index (κ1) is 14.7. The van der Waals surface area contributed by atoms with Crippen LogP contribution in [-0.4, -0.2) is 33.9 Å². The molecule has 9 heteroatoms. The van der Waals surface area contributed by atoms with E-state index in [2.05, 4.69) is 8.37 Å². The van der Waals surface area contributed by atoms with Gasteiger partial charge in [0, 0.05) is 0 Å². The lowest BCUT2D eigenvalue weighted by Gasteiger charge is -2.10. The summed E-state index contributed by atoms with van der Waals surface area (Å²) in [6.07, 6.45) is 0.874. The van der Waals surface area contributed by atoms with Crippen molar-refractivity contribution in [3.05, 3.63) is 12.2 Å². The van der Waals surface area contributed by atoms with E-state index in [4.69, 9.17) is 4.55 Å². The molecule has 3 unspecified atom stereocenters. The van der Waals surface area contributed by atoms with Gasteiger partial charge in [-0.15, -0.1) is 0 Å². The van der Waals surface area contributed by atoms with E-state index in [1.807, 2.05) is 0 Å². The highest BCUT2D eigenvalue weighted by Crippen LogP contribution is 2.01. The van der Waals surface area contributed by atoms with Crippen LogP contribution in [0.2, 0.25) is 0 Å². The van der Waals surface area contributed by atoms with Gasteiger partial charge in [-0.2, -0.15) is 8.42 Å². The highest BCUT2D eigenvalue weighted by Gasteiger charge is 2.09. The predicted molar refractivity (Wildman–Crippen MR) is 50.7 cm³/mol. The second kappa shape index (κ2) is 6.30. The maximum atomic E-state index is 10.2. The Bertz CT molecular complexity index is 333. The molecule has 15 heavy (non-hydrogen) atoms. The van der Waals surface area contributed by atoms with Gasteiger partial charge in [0.15, 0.2) is 0 Å². The van der Waals surface area contributed by atoms with Gasteiger partial charge in [-0.25, -0.2) is 8.39 Å². The normalized spacial score (nSPS) is 18.9. The van der Waals surface area contributed by atoms with Crippen LogP contribution in [0.4, 0.5) is 0 Å². The Hall–Kier alpha value is -0.320. The Morgan fingerprint density at radius 2 is 1.80 bits per heavy atom. The molecule has 0 radical (unpaired) electrons. The Morgan fingerprint density at radius 3 is 2.20 bits per heavy atom. The quantitative estimate of drug-likeness (QED) is 0.404. The molecular formula is C6H11O7S2-. The Morgan fingerprint density at radius 1 is 1.33 bits per heavy atom. The van der Waals surface area contributed by atoms with E-state index >= 15 is 0 Å². The van der Waals surface area contributed by atoms with E-state index in [0.29, 0.717) is 0 Å². The van der Waals surface area contributed by atoms with Gasteiger partial charge in [-0.3, -0.25) is 8.74 Å². The van der Waals surface area contributed by atoms with Crippen molar-refractivity contribution in [2.24, 2.45) is 0 Å². The van der Waals surface area contributed by atoms with Gasteiger partial charge in [-0.05, 0) is 13.8 Å². The van der Waals surface area contributed by atoms with Crippen molar-refractivity contribution in [1.29, 1.82) is 0 Å². The molecule has 7 nitrogen and oxygen atoms in total. The second-order valence-corrected chi connectivity index (χ2v) is 4.27. The summed E-state index contributed by atoms with van der Waals surface area (Å²) in [4.78, 5) is 0. The van der Waals surface area contributed by atoms with Crippen LogP contribution < -0.4 is 0 Å². The molecule has 0 aromatic rings. The number of hydrogen-bond acceptors (Lipinski definition) is 6. The van der Waals surface area contributed by atoms with E-state index in [-0.39, 0.29) is 0 Å². The topological polar surface area (TPSA) is 113 Å². The van der Waals surface area contributed by atoms with Crippen LogP contribution in [0.25, 0.3) is 0 Å².